The van der Waals surface area contributed by atoms with Crippen molar-refractivity contribution in [2.24, 2.45) is 0 Å². The lowest BCUT2D eigenvalue weighted by molar-refractivity contribution is 0.509. The molecule has 0 fully saturated rings. The summed E-state index contributed by atoms with van der Waals surface area (Å²) in [5.74, 6) is 0.586. The first kappa shape index (κ1) is 13.2. The van der Waals surface area contributed by atoms with E-state index in [4.69, 9.17) is 4.42 Å². The van der Waals surface area contributed by atoms with Crippen molar-refractivity contribution in [2.75, 3.05) is 0 Å². The van der Waals surface area contributed by atoms with Gasteiger partial charge in [0, 0.05) is 5.56 Å². The van der Waals surface area contributed by atoms with Gasteiger partial charge in [0.1, 0.15) is 11.3 Å². The Bertz CT molecular complexity index is 684. The molecule has 0 amide bonds. The molecule has 20 heavy (non-hydrogen) atoms. The molecule has 1 aromatic carbocycles. The number of benzene rings is 1. The molecule has 0 spiro atoms. The average Bonchev–Trinajstić information content (AvgIpc) is 3.10. The average molecular weight is 308 g/mol. The van der Waals surface area contributed by atoms with Crippen LogP contribution < -0.4 is 0 Å². The van der Waals surface area contributed by atoms with Crippen molar-refractivity contribution in [1.82, 2.24) is 20.4 Å². The number of halogens is 1. The molecule has 8 heteroatoms. The van der Waals surface area contributed by atoms with Gasteiger partial charge in [-0.1, -0.05) is 23.1 Å². The van der Waals surface area contributed by atoms with Gasteiger partial charge in [0.25, 0.3) is 0 Å². The summed E-state index contributed by atoms with van der Waals surface area (Å²) >= 11 is 2.96. The van der Waals surface area contributed by atoms with Crippen LogP contribution in [0.5, 0.6) is 0 Å². The highest BCUT2D eigenvalue weighted by Crippen LogP contribution is 2.35. The zero-order valence-electron chi connectivity index (χ0n) is 10.4. The summed E-state index contributed by atoms with van der Waals surface area (Å²) in [7, 11) is 0. The van der Waals surface area contributed by atoms with Crippen molar-refractivity contribution in [2.45, 2.75) is 16.5 Å². The number of rotatable bonds is 4. The van der Waals surface area contributed by atoms with Crippen LogP contribution in [-0.2, 0) is 0 Å². The summed E-state index contributed by atoms with van der Waals surface area (Å²) in [6.45, 7) is 1.95. The van der Waals surface area contributed by atoms with E-state index >= 15 is 0 Å². The number of thioether (sulfide) groups is 1. The molecule has 0 radical (unpaired) electrons. The summed E-state index contributed by atoms with van der Waals surface area (Å²) in [5, 5.41) is 15.7. The molecule has 0 saturated heterocycles. The third-order valence-electron chi connectivity index (χ3n) is 2.50. The van der Waals surface area contributed by atoms with Gasteiger partial charge in [-0.25, -0.2) is 4.39 Å². The van der Waals surface area contributed by atoms with Crippen LogP contribution in [0, 0.1) is 5.82 Å². The topological polar surface area (TPSA) is 64.7 Å². The molecule has 0 aliphatic heterocycles. The maximum absolute atomic E-state index is 12.9. The highest BCUT2D eigenvalue weighted by molar-refractivity contribution is 8.01. The van der Waals surface area contributed by atoms with Gasteiger partial charge in [-0.3, -0.25) is 0 Å². The van der Waals surface area contributed by atoms with E-state index in [0.29, 0.717) is 17.3 Å². The lowest BCUT2D eigenvalue weighted by Gasteiger charge is -2.02. The fraction of sp³-hybridized carbons (Fsp3) is 0.167. The molecular weight excluding hydrogens is 299 g/mol. The number of aromatic nitrogens is 4. The lowest BCUT2D eigenvalue weighted by atomic mass is 10.2. The second kappa shape index (κ2) is 5.68. The van der Waals surface area contributed by atoms with Crippen molar-refractivity contribution in [3.05, 3.63) is 41.5 Å². The van der Waals surface area contributed by atoms with E-state index in [1.807, 2.05) is 6.92 Å². The minimum absolute atomic E-state index is 0.0235. The Balaban J connectivity index is 1.77. The standard InChI is InChI=1S/C12H9FN4OS2/c1-7(20-12-17-14-6-19-12)10-15-16-11(18-10)8-2-4-9(13)5-3-8/h2-7H,1H3/t7-/m1/s1. The van der Waals surface area contributed by atoms with E-state index in [2.05, 4.69) is 20.4 Å². The van der Waals surface area contributed by atoms with Gasteiger partial charge < -0.3 is 4.42 Å². The van der Waals surface area contributed by atoms with Crippen LogP contribution in [0.25, 0.3) is 11.5 Å². The lowest BCUT2D eigenvalue weighted by Crippen LogP contribution is -1.88. The number of hydrogen-bond acceptors (Lipinski definition) is 7. The van der Waals surface area contributed by atoms with Crippen LogP contribution in [0.4, 0.5) is 4.39 Å². The minimum atomic E-state index is -0.298. The third-order valence-corrected chi connectivity index (χ3v) is 4.40. The molecule has 0 aliphatic rings. The number of nitrogens with zero attached hydrogens (tertiary/aromatic N) is 4. The zero-order chi connectivity index (χ0) is 13.9. The fourth-order valence-electron chi connectivity index (χ4n) is 1.52. The Morgan fingerprint density at radius 2 is 2.00 bits per heavy atom. The summed E-state index contributed by atoms with van der Waals surface area (Å²) in [6.07, 6.45) is 0. The van der Waals surface area contributed by atoms with E-state index < -0.39 is 0 Å². The highest BCUT2D eigenvalue weighted by atomic mass is 32.2. The molecule has 2 heterocycles. The molecule has 0 aliphatic carbocycles. The first-order valence-corrected chi connectivity index (χ1v) is 7.50. The van der Waals surface area contributed by atoms with Crippen molar-refractivity contribution in [1.29, 1.82) is 0 Å². The Morgan fingerprint density at radius 3 is 2.70 bits per heavy atom. The molecule has 2 aromatic heterocycles. The van der Waals surface area contributed by atoms with Crippen LogP contribution in [0.3, 0.4) is 0 Å². The zero-order valence-corrected chi connectivity index (χ0v) is 12.0. The molecule has 0 N–H and O–H groups in total. The summed E-state index contributed by atoms with van der Waals surface area (Å²) in [5.41, 5.74) is 2.37. The van der Waals surface area contributed by atoms with Gasteiger partial charge in [-0.15, -0.1) is 20.4 Å². The first-order chi connectivity index (χ1) is 9.72. The molecule has 0 saturated carbocycles. The number of hydrogen-bond donors (Lipinski definition) is 0. The normalized spacial score (nSPS) is 12.5. The van der Waals surface area contributed by atoms with Gasteiger partial charge in [-0.05, 0) is 31.2 Å². The minimum Gasteiger partial charge on any atom is -0.419 e. The van der Waals surface area contributed by atoms with Crippen LogP contribution in [-0.4, -0.2) is 20.4 Å². The maximum atomic E-state index is 12.9. The van der Waals surface area contributed by atoms with E-state index in [0.717, 1.165) is 4.34 Å². The Morgan fingerprint density at radius 1 is 1.20 bits per heavy atom. The summed E-state index contributed by atoms with van der Waals surface area (Å²) in [4.78, 5) is 0. The molecule has 5 nitrogen and oxygen atoms in total. The fourth-order valence-corrected chi connectivity index (χ4v) is 3.18. The Labute approximate surface area is 122 Å². The van der Waals surface area contributed by atoms with Gasteiger partial charge in [0.15, 0.2) is 4.34 Å². The molecule has 1 atom stereocenters. The van der Waals surface area contributed by atoms with Crippen LogP contribution in [0.2, 0.25) is 0 Å². The monoisotopic (exact) mass is 308 g/mol. The van der Waals surface area contributed by atoms with Gasteiger partial charge in [0.2, 0.25) is 11.8 Å². The van der Waals surface area contributed by atoms with Crippen LogP contribution in [0.1, 0.15) is 18.1 Å². The van der Waals surface area contributed by atoms with Gasteiger partial charge in [0.05, 0.1) is 5.25 Å². The van der Waals surface area contributed by atoms with Crippen molar-refractivity contribution in [3.8, 4) is 11.5 Å². The van der Waals surface area contributed by atoms with E-state index in [1.165, 1.54) is 35.2 Å². The predicted molar refractivity (Wildman–Crippen MR) is 73.9 cm³/mol. The third kappa shape index (κ3) is 2.86. The van der Waals surface area contributed by atoms with Gasteiger partial charge >= 0.3 is 0 Å². The quantitative estimate of drug-likeness (QED) is 0.686. The molecule has 102 valence electrons. The second-order valence-electron chi connectivity index (χ2n) is 3.92. The van der Waals surface area contributed by atoms with Crippen LogP contribution >= 0.6 is 23.1 Å². The molecule has 3 aromatic rings. The molecular formula is C12H9FN4OS2. The van der Waals surface area contributed by atoms with E-state index in [9.17, 15) is 4.39 Å². The maximum Gasteiger partial charge on any atom is 0.247 e. The highest BCUT2D eigenvalue weighted by Gasteiger charge is 2.17. The van der Waals surface area contributed by atoms with Gasteiger partial charge in [-0.2, -0.15) is 0 Å². The Hall–Kier alpha value is -1.80. The SMILES string of the molecule is C[C@@H](Sc1nncs1)c1nnc(-c2ccc(F)cc2)o1. The van der Waals surface area contributed by atoms with Crippen LogP contribution in [0.15, 0.2) is 38.5 Å². The second-order valence-corrected chi connectivity index (χ2v) is 6.34. The predicted octanol–water partition coefficient (Wildman–Crippen LogP) is 3.58. The largest absolute Gasteiger partial charge is 0.419 e. The Kier molecular flexibility index (Phi) is 3.75. The van der Waals surface area contributed by atoms with E-state index in [-0.39, 0.29) is 11.1 Å². The van der Waals surface area contributed by atoms with Crippen molar-refractivity contribution < 1.29 is 8.81 Å². The summed E-state index contributed by atoms with van der Waals surface area (Å²) in [6, 6.07) is 5.93. The molecule has 0 bridgehead atoms. The first-order valence-electron chi connectivity index (χ1n) is 5.74. The molecule has 3 rings (SSSR count). The molecule has 0 unspecified atom stereocenters. The van der Waals surface area contributed by atoms with Crippen molar-refractivity contribution in [3.63, 3.8) is 0 Å². The summed E-state index contributed by atoms with van der Waals surface area (Å²) < 4.78 is 19.3. The smallest absolute Gasteiger partial charge is 0.247 e. The van der Waals surface area contributed by atoms with E-state index in [1.54, 1.807) is 17.6 Å². The van der Waals surface area contributed by atoms with Crippen molar-refractivity contribution >= 4 is 23.1 Å².